The van der Waals surface area contributed by atoms with E-state index in [1.165, 1.54) is 12.1 Å². The summed E-state index contributed by atoms with van der Waals surface area (Å²) in [4.78, 5) is 14.2. The summed E-state index contributed by atoms with van der Waals surface area (Å²) >= 11 is 0. The minimum atomic E-state index is -4.48. The van der Waals surface area contributed by atoms with Gasteiger partial charge in [0.25, 0.3) is 0 Å². The minimum Gasteiger partial charge on any atom is -0.298 e. The number of benzene rings is 1. The van der Waals surface area contributed by atoms with Gasteiger partial charge < -0.3 is 0 Å². The molecule has 2 rings (SSSR count). The van der Waals surface area contributed by atoms with Crippen LogP contribution in [0.1, 0.15) is 15.9 Å². The van der Waals surface area contributed by atoms with Crippen molar-refractivity contribution >= 4 is 6.29 Å². The fourth-order valence-corrected chi connectivity index (χ4v) is 1.65. The van der Waals surface area contributed by atoms with Crippen molar-refractivity contribution in [1.82, 2.24) is 4.98 Å². The second-order valence-electron chi connectivity index (χ2n) is 3.79. The van der Waals surface area contributed by atoms with Gasteiger partial charge in [-0.05, 0) is 17.7 Å². The Kier molecular flexibility index (Phi) is 3.33. The Balaban J connectivity index is 2.56. The molecule has 1 heterocycles. The molecule has 19 heavy (non-hydrogen) atoms. The summed E-state index contributed by atoms with van der Waals surface area (Å²) in [5.41, 5.74) is -0.579. The van der Waals surface area contributed by atoms with Crippen LogP contribution in [0.25, 0.3) is 11.1 Å². The smallest absolute Gasteiger partial charge is 0.298 e. The molecule has 1 aromatic carbocycles. The first kappa shape index (κ1) is 13.2. The van der Waals surface area contributed by atoms with Gasteiger partial charge in [-0.1, -0.05) is 12.1 Å². The molecule has 2 aromatic rings. The van der Waals surface area contributed by atoms with Crippen LogP contribution in [-0.4, -0.2) is 11.3 Å². The average Bonchev–Trinajstić information content (AvgIpc) is 2.37. The van der Waals surface area contributed by atoms with E-state index >= 15 is 0 Å². The third-order valence-corrected chi connectivity index (χ3v) is 2.53. The van der Waals surface area contributed by atoms with Crippen LogP contribution in [0.4, 0.5) is 17.6 Å². The zero-order chi connectivity index (χ0) is 14.0. The van der Waals surface area contributed by atoms with Gasteiger partial charge in [0.05, 0.1) is 5.56 Å². The molecule has 0 aliphatic heterocycles. The third-order valence-electron chi connectivity index (χ3n) is 2.53. The molecular weight excluding hydrogens is 262 g/mol. The van der Waals surface area contributed by atoms with Crippen LogP contribution >= 0.6 is 0 Å². The fourth-order valence-electron chi connectivity index (χ4n) is 1.65. The minimum absolute atomic E-state index is 0.0492. The summed E-state index contributed by atoms with van der Waals surface area (Å²) in [6, 6.07) is 5.30. The molecule has 98 valence electrons. The molecule has 0 bridgehead atoms. The van der Waals surface area contributed by atoms with E-state index in [0.29, 0.717) is 6.29 Å². The standard InChI is InChI=1S/C13H7F4NO/c14-12-5-9(7-19)11(6-18-12)8-2-1-3-10(4-8)13(15,16)17/h1-7H. The number of carbonyl (C=O) groups excluding carboxylic acids is 1. The lowest BCUT2D eigenvalue weighted by Crippen LogP contribution is -2.04. The first-order valence-electron chi connectivity index (χ1n) is 5.20. The summed E-state index contributed by atoms with van der Waals surface area (Å²) in [5.74, 6) is -0.863. The maximum atomic E-state index is 12.9. The number of nitrogens with zero attached hydrogens (tertiary/aromatic N) is 1. The largest absolute Gasteiger partial charge is 0.416 e. The number of rotatable bonds is 2. The van der Waals surface area contributed by atoms with Crippen molar-refractivity contribution < 1.29 is 22.4 Å². The Morgan fingerprint density at radius 3 is 2.53 bits per heavy atom. The Morgan fingerprint density at radius 2 is 1.89 bits per heavy atom. The lowest BCUT2D eigenvalue weighted by molar-refractivity contribution is -0.137. The van der Waals surface area contributed by atoms with Crippen LogP contribution in [0.3, 0.4) is 0 Å². The monoisotopic (exact) mass is 269 g/mol. The van der Waals surface area contributed by atoms with Crippen LogP contribution in [0, 0.1) is 5.95 Å². The Bertz CT molecular complexity index is 622. The van der Waals surface area contributed by atoms with Crippen molar-refractivity contribution in [2.45, 2.75) is 6.18 Å². The van der Waals surface area contributed by atoms with Gasteiger partial charge in [-0.15, -0.1) is 0 Å². The highest BCUT2D eigenvalue weighted by molar-refractivity contribution is 5.87. The van der Waals surface area contributed by atoms with Gasteiger partial charge in [0.2, 0.25) is 5.95 Å². The van der Waals surface area contributed by atoms with Crippen molar-refractivity contribution in [3.05, 3.63) is 53.6 Å². The molecule has 0 aliphatic carbocycles. The van der Waals surface area contributed by atoms with E-state index in [1.807, 2.05) is 0 Å². The molecular formula is C13H7F4NO. The topological polar surface area (TPSA) is 30.0 Å². The van der Waals surface area contributed by atoms with Crippen molar-refractivity contribution in [3.63, 3.8) is 0 Å². The fraction of sp³-hybridized carbons (Fsp3) is 0.0769. The van der Waals surface area contributed by atoms with Crippen LogP contribution in [-0.2, 0) is 6.18 Å². The van der Waals surface area contributed by atoms with E-state index < -0.39 is 17.7 Å². The molecule has 0 aliphatic rings. The van der Waals surface area contributed by atoms with Crippen molar-refractivity contribution in [3.8, 4) is 11.1 Å². The Morgan fingerprint density at radius 1 is 1.16 bits per heavy atom. The Labute approximate surface area is 105 Å². The lowest BCUT2D eigenvalue weighted by atomic mass is 10.0. The van der Waals surface area contributed by atoms with Gasteiger partial charge in [-0.2, -0.15) is 17.6 Å². The molecule has 2 nitrogen and oxygen atoms in total. The van der Waals surface area contributed by atoms with E-state index in [9.17, 15) is 22.4 Å². The van der Waals surface area contributed by atoms with Crippen LogP contribution in [0.5, 0.6) is 0 Å². The van der Waals surface area contributed by atoms with Crippen molar-refractivity contribution in [2.75, 3.05) is 0 Å². The SMILES string of the molecule is O=Cc1cc(F)ncc1-c1cccc(C(F)(F)F)c1. The number of hydrogen-bond donors (Lipinski definition) is 0. The van der Waals surface area contributed by atoms with E-state index in [0.717, 1.165) is 24.4 Å². The maximum absolute atomic E-state index is 12.9. The van der Waals surface area contributed by atoms with Gasteiger partial charge in [-0.25, -0.2) is 4.98 Å². The van der Waals surface area contributed by atoms with Crippen LogP contribution in [0.2, 0.25) is 0 Å². The molecule has 1 aromatic heterocycles. The van der Waals surface area contributed by atoms with E-state index in [1.54, 1.807) is 0 Å². The van der Waals surface area contributed by atoms with E-state index in [2.05, 4.69) is 4.98 Å². The lowest BCUT2D eigenvalue weighted by Gasteiger charge is -2.09. The van der Waals surface area contributed by atoms with E-state index in [-0.39, 0.29) is 16.7 Å². The van der Waals surface area contributed by atoms with Gasteiger partial charge in [-0.3, -0.25) is 4.79 Å². The van der Waals surface area contributed by atoms with Gasteiger partial charge in [0.1, 0.15) is 0 Å². The van der Waals surface area contributed by atoms with Crippen molar-refractivity contribution in [1.29, 1.82) is 0 Å². The van der Waals surface area contributed by atoms with Crippen LogP contribution in [0.15, 0.2) is 36.5 Å². The maximum Gasteiger partial charge on any atom is 0.416 e. The summed E-state index contributed by atoms with van der Waals surface area (Å²) in [6.45, 7) is 0. The van der Waals surface area contributed by atoms with Crippen molar-refractivity contribution in [2.24, 2.45) is 0 Å². The number of carbonyl (C=O) groups is 1. The molecule has 0 fully saturated rings. The number of alkyl halides is 3. The molecule has 6 heteroatoms. The molecule has 0 amide bonds. The van der Waals surface area contributed by atoms with E-state index in [4.69, 9.17) is 0 Å². The molecule has 0 saturated heterocycles. The molecule has 0 spiro atoms. The van der Waals surface area contributed by atoms with Crippen LogP contribution < -0.4 is 0 Å². The highest BCUT2D eigenvalue weighted by Gasteiger charge is 2.30. The first-order valence-corrected chi connectivity index (χ1v) is 5.20. The zero-order valence-corrected chi connectivity index (χ0v) is 9.41. The summed E-state index contributed by atoms with van der Waals surface area (Å²) < 4.78 is 50.6. The van der Waals surface area contributed by atoms with Gasteiger partial charge >= 0.3 is 6.18 Å². The van der Waals surface area contributed by atoms with Gasteiger partial charge in [0, 0.05) is 23.4 Å². The number of aldehydes is 1. The zero-order valence-electron chi connectivity index (χ0n) is 9.41. The summed E-state index contributed by atoms with van der Waals surface area (Å²) in [5, 5.41) is 0. The summed E-state index contributed by atoms with van der Waals surface area (Å²) in [7, 11) is 0. The second kappa shape index (κ2) is 4.79. The number of hydrogen-bond acceptors (Lipinski definition) is 2. The van der Waals surface area contributed by atoms with Gasteiger partial charge in [0.15, 0.2) is 6.29 Å². The number of pyridine rings is 1. The highest BCUT2D eigenvalue weighted by Crippen LogP contribution is 2.32. The quantitative estimate of drug-likeness (QED) is 0.472. The number of aromatic nitrogens is 1. The average molecular weight is 269 g/mol. The summed E-state index contributed by atoms with van der Waals surface area (Å²) in [6.07, 6.45) is -3.07. The number of halogens is 4. The third kappa shape index (κ3) is 2.78. The molecule has 0 radical (unpaired) electrons. The normalized spacial score (nSPS) is 11.4. The second-order valence-corrected chi connectivity index (χ2v) is 3.79. The highest BCUT2D eigenvalue weighted by atomic mass is 19.4. The molecule has 0 unspecified atom stereocenters. The molecule has 0 atom stereocenters. The molecule has 0 N–H and O–H groups in total. The molecule has 0 saturated carbocycles. The Hall–Kier alpha value is -2.24. The first-order chi connectivity index (χ1) is 8.91. The predicted octanol–water partition coefficient (Wildman–Crippen LogP) is 3.72. The predicted molar refractivity (Wildman–Crippen MR) is 60.0 cm³/mol.